The number of amides is 1. The van der Waals surface area contributed by atoms with Gasteiger partial charge in [-0.25, -0.2) is 8.42 Å². The fraction of sp³-hybridized carbons (Fsp3) is 0.207. The summed E-state index contributed by atoms with van der Waals surface area (Å²) in [5.41, 5.74) is 4.02. The fourth-order valence-corrected chi connectivity index (χ4v) is 6.69. The highest BCUT2D eigenvalue weighted by molar-refractivity contribution is 7.92. The van der Waals surface area contributed by atoms with Crippen molar-refractivity contribution in [3.05, 3.63) is 123 Å². The maximum Gasteiger partial charge on any atom is 0.238 e. The summed E-state index contributed by atoms with van der Waals surface area (Å²) in [4.78, 5) is 16.9. The van der Waals surface area contributed by atoms with Crippen LogP contribution < -0.4 is 0 Å². The van der Waals surface area contributed by atoms with Gasteiger partial charge in [0.15, 0.2) is 0 Å². The maximum atomic E-state index is 13.9. The molecule has 3 heterocycles. The number of sulfonamides is 1. The molecule has 0 saturated carbocycles. The molecule has 0 bridgehead atoms. The Kier molecular flexibility index (Phi) is 7.41. The van der Waals surface area contributed by atoms with E-state index in [9.17, 15) is 13.2 Å². The molecule has 1 aliphatic rings. The normalized spacial score (nSPS) is 15.8. The first-order valence-electron chi connectivity index (χ1n) is 12.1. The summed E-state index contributed by atoms with van der Waals surface area (Å²) in [7, 11) is -3.92. The summed E-state index contributed by atoms with van der Waals surface area (Å²) in [6, 6.07) is 22.5. The zero-order valence-electron chi connectivity index (χ0n) is 20.5. The Hall–Kier alpha value is -3.46. The van der Waals surface area contributed by atoms with E-state index in [1.807, 2.05) is 66.4 Å². The van der Waals surface area contributed by atoms with Crippen LogP contribution in [-0.4, -0.2) is 36.6 Å². The summed E-state index contributed by atoms with van der Waals surface area (Å²) in [5, 5.41) is 3.22. The first-order valence-corrected chi connectivity index (χ1v) is 14.5. The number of nitrogens with zero attached hydrogens (tertiary/aromatic N) is 2. The van der Waals surface area contributed by atoms with E-state index in [4.69, 9.17) is 4.42 Å². The molecule has 0 aliphatic carbocycles. The number of rotatable bonds is 8. The van der Waals surface area contributed by atoms with E-state index in [0.29, 0.717) is 12.3 Å². The quantitative estimate of drug-likeness (QED) is 0.295. The summed E-state index contributed by atoms with van der Waals surface area (Å²) >= 11 is 1.70. The molecule has 8 heteroatoms. The molecule has 2 aromatic heterocycles. The largest absolute Gasteiger partial charge is 0.468 e. The summed E-state index contributed by atoms with van der Waals surface area (Å²) in [6.07, 6.45) is 3.79. The third-order valence-electron chi connectivity index (χ3n) is 6.59. The number of hydrogen-bond acceptors (Lipinski definition) is 5. The molecule has 0 fully saturated rings. The lowest BCUT2D eigenvalue weighted by atomic mass is 9.90. The molecule has 1 amide bonds. The van der Waals surface area contributed by atoms with Gasteiger partial charge < -0.3 is 9.32 Å². The van der Waals surface area contributed by atoms with E-state index in [-0.39, 0.29) is 25.0 Å². The monoisotopic (exact) mass is 532 g/mol. The molecular formula is C29H28N2O4S2. The molecule has 1 aliphatic heterocycles. The zero-order chi connectivity index (χ0) is 25.8. The van der Waals surface area contributed by atoms with Crippen LogP contribution in [0.4, 0.5) is 0 Å². The average Bonchev–Trinajstić information content (AvgIpc) is 3.60. The third-order valence-corrected chi connectivity index (χ3v) is 9.04. The number of carbonyl (C=O) groups is 1. The van der Waals surface area contributed by atoms with Crippen LogP contribution in [0.25, 0.3) is 6.08 Å². The molecule has 37 heavy (non-hydrogen) atoms. The molecule has 0 saturated heterocycles. The highest BCUT2D eigenvalue weighted by Crippen LogP contribution is 2.39. The van der Waals surface area contributed by atoms with Crippen molar-refractivity contribution in [2.75, 3.05) is 13.1 Å². The second kappa shape index (κ2) is 10.9. The van der Waals surface area contributed by atoms with Crippen molar-refractivity contribution < 1.29 is 17.6 Å². The van der Waals surface area contributed by atoms with Gasteiger partial charge in [-0.15, -0.1) is 11.3 Å². The van der Waals surface area contributed by atoms with Gasteiger partial charge in [0.1, 0.15) is 5.76 Å². The van der Waals surface area contributed by atoms with Crippen molar-refractivity contribution in [1.29, 1.82) is 0 Å². The van der Waals surface area contributed by atoms with Crippen molar-refractivity contribution in [3.63, 3.8) is 0 Å². The number of aryl methyl sites for hydroxylation is 1. The highest BCUT2D eigenvalue weighted by atomic mass is 32.2. The summed E-state index contributed by atoms with van der Waals surface area (Å²) in [5.74, 6) is 0.229. The van der Waals surface area contributed by atoms with E-state index in [0.717, 1.165) is 34.1 Å². The lowest BCUT2D eigenvalue weighted by molar-refractivity contribution is -0.133. The van der Waals surface area contributed by atoms with E-state index in [1.54, 1.807) is 29.5 Å². The number of hydrogen-bond donors (Lipinski definition) is 0. The van der Waals surface area contributed by atoms with E-state index in [1.165, 1.54) is 15.4 Å². The van der Waals surface area contributed by atoms with Crippen molar-refractivity contribution in [3.8, 4) is 0 Å². The zero-order valence-corrected chi connectivity index (χ0v) is 22.1. The molecule has 0 N–H and O–H groups in total. The van der Waals surface area contributed by atoms with Gasteiger partial charge in [0.25, 0.3) is 0 Å². The number of carbonyl (C=O) groups excluding carboxylic acids is 1. The van der Waals surface area contributed by atoms with Gasteiger partial charge in [-0.05, 0) is 65.3 Å². The Labute approximate surface area is 221 Å². The van der Waals surface area contributed by atoms with Crippen LogP contribution in [0.1, 0.15) is 38.9 Å². The number of fused-ring (bicyclic) bond motifs is 1. The number of benzene rings is 2. The van der Waals surface area contributed by atoms with Gasteiger partial charge >= 0.3 is 0 Å². The van der Waals surface area contributed by atoms with E-state index in [2.05, 4.69) is 11.4 Å². The topological polar surface area (TPSA) is 70.8 Å². The predicted octanol–water partition coefficient (Wildman–Crippen LogP) is 5.63. The average molecular weight is 533 g/mol. The predicted molar refractivity (Wildman–Crippen MR) is 146 cm³/mol. The summed E-state index contributed by atoms with van der Waals surface area (Å²) in [6.45, 7) is 2.25. The molecule has 4 aromatic rings. The van der Waals surface area contributed by atoms with Crippen LogP contribution in [0.5, 0.6) is 0 Å². The van der Waals surface area contributed by atoms with Crippen molar-refractivity contribution in [1.82, 2.24) is 9.21 Å². The summed E-state index contributed by atoms with van der Waals surface area (Å²) < 4.78 is 33.5. The van der Waals surface area contributed by atoms with Crippen molar-refractivity contribution in [2.45, 2.75) is 25.9 Å². The molecule has 190 valence electrons. The van der Waals surface area contributed by atoms with Gasteiger partial charge in [-0.1, -0.05) is 54.6 Å². The van der Waals surface area contributed by atoms with Gasteiger partial charge in [0.05, 0.1) is 25.4 Å². The van der Waals surface area contributed by atoms with Crippen LogP contribution in [0.3, 0.4) is 0 Å². The molecule has 1 unspecified atom stereocenters. The first kappa shape index (κ1) is 25.2. The minimum atomic E-state index is -3.92. The Balaban J connectivity index is 1.46. The molecule has 1 atom stereocenters. The highest BCUT2D eigenvalue weighted by Gasteiger charge is 2.35. The molecular weight excluding hydrogens is 504 g/mol. The second-order valence-electron chi connectivity index (χ2n) is 9.00. The Morgan fingerprint density at radius 3 is 2.59 bits per heavy atom. The minimum absolute atomic E-state index is 0.0349. The van der Waals surface area contributed by atoms with E-state index < -0.39 is 10.0 Å². The standard InChI is InChI=1S/C29H28N2O4S2/c1-22-8-5-6-12-25(22)29-26-14-18-36-27(26)13-16-31(29)28(32)21-30(20-24-11-7-17-35-24)37(33,34)19-15-23-9-3-2-4-10-23/h2-12,14-15,17-19,29H,13,16,20-21H2,1H3. The Morgan fingerprint density at radius 2 is 1.84 bits per heavy atom. The van der Waals surface area contributed by atoms with Crippen molar-refractivity contribution >= 4 is 33.3 Å². The first-order chi connectivity index (χ1) is 17.9. The lowest BCUT2D eigenvalue weighted by Gasteiger charge is -2.38. The second-order valence-corrected chi connectivity index (χ2v) is 11.8. The fourth-order valence-electron chi connectivity index (χ4n) is 4.68. The molecule has 2 aromatic carbocycles. The van der Waals surface area contributed by atoms with Crippen LogP contribution >= 0.6 is 11.3 Å². The number of thiophene rings is 1. The van der Waals surface area contributed by atoms with Gasteiger partial charge in [0.2, 0.25) is 15.9 Å². The third kappa shape index (κ3) is 5.61. The number of furan rings is 1. The Morgan fingerprint density at radius 1 is 1.05 bits per heavy atom. The molecule has 5 rings (SSSR count). The van der Waals surface area contributed by atoms with Crippen LogP contribution in [0.2, 0.25) is 0 Å². The molecule has 6 nitrogen and oxygen atoms in total. The van der Waals surface area contributed by atoms with Gasteiger partial charge in [-0.3, -0.25) is 4.79 Å². The van der Waals surface area contributed by atoms with Gasteiger partial charge in [0, 0.05) is 16.8 Å². The van der Waals surface area contributed by atoms with Crippen molar-refractivity contribution in [2.24, 2.45) is 0 Å². The molecule has 0 spiro atoms. The van der Waals surface area contributed by atoms with Crippen LogP contribution in [0.15, 0.2) is 94.3 Å². The van der Waals surface area contributed by atoms with Gasteiger partial charge in [-0.2, -0.15) is 4.31 Å². The van der Waals surface area contributed by atoms with Crippen LogP contribution in [-0.2, 0) is 27.8 Å². The lowest BCUT2D eigenvalue weighted by Crippen LogP contribution is -2.46. The minimum Gasteiger partial charge on any atom is -0.468 e. The molecule has 0 radical (unpaired) electrons. The Bertz CT molecular complexity index is 1490. The maximum absolute atomic E-state index is 13.9. The SMILES string of the molecule is Cc1ccccc1C1c2ccsc2CCN1C(=O)CN(Cc1ccco1)S(=O)(=O)C=Cc1ccccc1. The van der Waals surface area contributed by atoms with E-state index >= 15 is 0 Å². The smallest absolute Gasteiger partial charge is 0.238 e. The van der Waals surface area contributed by atoms with Crippen LogP contribution in [0, 0.1) is 6.92 Å².